The number of nitrogens with one attached hydrogen (secondary N) is 1. The molecule has 0 fully saturated rings. The molecule has 19 heavy (non-hydrogen) atoms. The summed E-state index contributed by atoms with van der Waals surface area (Å²) in [4.78, 5) is 0.279. The molecule has 1 aromatic rings. The quantitative estimate of drug-likeness (QED) is 0.841. The van der Waals surface area contributed by atoms with Crippen LogP contribution < -0.4 is 10.5 Å². The Bertz CT molecular complexity index is 507. The molecule has 1 atom stereocenters. The zero-order chi connectivity index (χ0) is 14.7. The van der Waals surface area contributed by atoms with Crippen LogP contribution >= 0.6 is 0 Å². The van der Waals surface area contributed by atoms with Crippen molar-refractivity contribution in [3.05, 3.63) is 29.8 Å². The van der Waals surface area contributed by atoms with Gasteiger partial charge in [-0.15, -0.1) is 0 Å². The first-order chi connectivity index (χ1) is 8.72. The number of nitrogens with two attached hydrogens (primary N) is 1. The largest absolute Gasteiger partial charge is 0.329 e. The van der Waals surface area contributed by atoms with Gasteiger partial charge in [-0.05, 0) is 43.9 Å². The van der Waals surface area contributed by atoms with Crippen molar-refractivity contribution in [2.24, 2.45) is 5.73 Å². The van der Waals surface area contributed by atoms with Gasteiger partial charge in [-0.1, -0.05) is 26.0 Å². The number of sulfonamides is 1. The molecule has 0 aliphatic carbocycles. The maximum absolute atomic E-state index is 12.2. The Balaban J connectivity index is 2.97. The molecule has 1 aromatic carbocycles. The summed E-state index contributed by atoms with van der Waals surface area (Å²) < 4.78 is 27.0. The van der Waals surface area contributed by atoms with E-state index in [0.29, 0.717) is 5.92 Å². The van der Waals surface area contributed by atoms with Crippen LogP contribution in [-0.2, 0) is 10.0 Å². The van der Waals surface area contributed by atoms with Crippen molar-refractivity contribution in [2.75, 3.05) is 6.54 Å². The molecule has 1 unspecified atom stereocenters. The molecule has 0 aromatic heterocycles. The average molecular weight is 284 g/mol. The van der Waals surface area contributed by atoms with Crippen LogP contribution in [0.2, 0.25) is 0 Å². The van der Waals surface area contributed by atoms with Crippen LogP contribution in [0.25, 0.3) is 0 Å². The highest BCUT2D eigenvalue weighted by atomic mass is 32.2. The highest BCUT2D eigenvalue weighted by molar-refractivity contribution is 7.89. The number of benzene rings is 1. The molecule has 0 radical (unpaired) electrons. The van der Waals surface area contributed by atoms with E-state index in [9.17, 15) is 8.42 Å². The highest BCUT2D eigenvalue weighted by Gasteiger charge is 2.24. The molecule has 0 bridgehead atoms. The minimum atomic E-state index is -3.51. The van der Waals surface area contributed by atoms with Crippen LogP contribution in [0.5, 0.6) is 0 Å². The van der Waals surface area contributed by atoms with E-state index in [4.69, 9.17) is 5.73 Å². The Morgan fingerprint density at radius 2 is 1.79 bits per heavy atom. The van der Waals surface area contributed by atoms with E-state index in [1.54, 1.807) is 26.0 Å². The standard InChI is InChI=1S/C14H24N2O2S/c1-5-11(2)12-6-8-13(9-7-12)19(17,18)16-14(3,4)10-15/h6-9,11,16H,5,10,15H2,1-4H3. The lowest BCUT2D eigenvalue weighted by molar-refractivity contribution is 0.462. The van der Waals surface area contributed by atoms with Gasteiger partial charge in [-0.2, -0.15) is 0 Å². The molecule has 0 aliphatic rings. The van der Waals surface area contributed by atoms with Crippen LogP contribution in [0.4, 0.5) is 0 Å². The molecule has 0 heterocycles. The first-order valence-electron chi connectivity index (χ1n) is 6.56. The molecule has 0 saturated carbocycles. The van der Waals surface area contributed by atoms with Crippen LogP contribution in [0.1, 0.15) is 45.6 Å². The fourth-order valence-corrected chi connectivity index (χ4v) is 3.10. The minimum absolute atomic E-state index is 0.247. The van der Waals surface area contributed by atoms with Gasteiger partial charge in [0.2, 0.25) is 10.0 Å². The van der Waals surface area contributed by atoms with Gasteiger partial charge >= 0.3 is 0 Å². The van der Waals surface area contributed by atoms with Crippen molar-refractivity contribution < 1.29 is 8.42 Å². The van der Waals surface area contributed by atoms with E-state index in [2.05, 4.69) is 18.6 Å². The fourth-order valence-electron chi connectivity index (χ4n) is 1.68. The SMILES string of the molecule is CCC(C)c1ccc(S(=O)(=O)NC(C)(C)CN)cc1. The van der Waals surface area contributed by atoms with E-state index in [-0.39, 0.29) is 11.4 Å². The van der Waals surface area contributed by atoms with Gasteiger partial charge in [0.05, 0.1) is 4.90 Å². The summed E-state index contributed by atoms with van der Waals surface area (Å²) >= 11 is 0. The molecule has 108 valence electrons. The topological polar surface area (TPSA) is 72.2 Å². The zero-order valence-electron chi connectivity index (χ0n) is 12.1. The summed E-state index contributed by atoms with van der Waals surface area (Å²) in [6.07, 6.45) is 1.03. The number of hydrogen-bond donors (Lipinski definition) is 2. The van der Waals surface area contributed by atoms with Crippen molar-refractivity contribution in [3.63, 3.8) is 0 Å². The van der Waals surface area contributed by atoms with E-state index < -0.39 is 15.6 Å². The highest BCUT2D eigenvalue weighted by Crippen LogP contribution is 2.21. The lowest BCUT2D eigenvalue weighted by Gasteiger charge is -2.24. The zero-order valence-corrected chi connectivity index (χ0v) is 12.9. The van der Waals surface area contributed by atoms with Crippen molar-refractivity contribution in [2.45, 2.75) is 50.5 Å². The van der Waals surface area contributed by atoms with Crippen LogP contribution in [0.15, 0.2) is 29.2 Å². The smallest absolute Gasteiger partial charge is 0.241 e. The second kappa shape index (κ2) is 6.03. The molecule has 4 nitrogen and oxygen atoms in total. The maximum atomic E-state index is 12.2. The monoisotopic (exact) mass is 284 g/mol. The summed E-state index contributed by atoms with van der Waals surface area (Å²) in [6.45, 7) is 8.01. The lowest BCUT2D eigenvalue weighted by atomic mass is 9.99. The van der Waals surface area contributed by atoms with Crippen molar-refractivity contribution >= 4 is 10.0 Å². The summed E-state index contributed by atoms with van der Waals surface area (Å²) in [5, 5.41) is 0. The van der Waals surface area contributed by atoms with Gasteiger partial charge in [0.1, 0.15) is 0 Å². The molecule has 1 rings (SSSR count). The summed E-state index contributed by atoms with van der Waals surface area (Å²) in [5.74, 6) is 0.435. The predicted octanol–water partition coefficient (Wildman–Crippen LogP) is 2.22. The van der Waals surface area contributed by atoms with Gasteiger partial charge in [0, 0.05) is 12.1 Å². The van der Waals surface area contributed by atoms with Gasteiger partial charge in [0.15, 0.2) is 0 Å². The Kier molecular flexibility index (Phi) is 5.12. The second-order valence-electron chi connectivity index (χ2n) is 5.57. The molecule has 0 saturated heterocycles. The van der Waals surface area contributed by atoms with Gasteiger partial charge < -0.3 is 5.73 Å². The van der Waals surface area contributed by atoms with Crippen molar-refractivity contribution in [3.8, 4) is 0 Å². The van der Waals surface area contributed by atoms with Crippen LogP contribution in [-0.4, -0.2) is 20.5 Å². The third-order valence-corrected chi connectivity index (χ3v) is 5.01. The number of hydrogen-bond acceptors (Lipinski definition) is 3. The molecule has 5 heteroatoms. The molecule has 3 N–H and O–H groups in total. The van der Waals surface area contributed by atoms with Crippen LogP contribution in [0.3, 0.4) is 0 Å². The minimum Gasteiger partial charge on any atom is -0.329 e. The maximum Gasteiger partial charge on any atom is 0.241 e. The van der Waals surface area contributed by atoms with Gasteiger partial charge in [-0.25, -0.2) is 13.1 Å². The van der Waals surface area contributed by atoms with E-state index >= 15 is 0 Å². The lowest BCUT2D eigenvalue weighted by Crippen LogP contribution is -2.48. The van der Waals surface area contributed by atoms with Crippen molar-refractivity contribution in [1.29, 1.82) is 0 Å². The first kappa shape index (κ1) is 16.1. The third-order valence-electron chi connectivity index (χ3n) is 3.29. The molecular formula is C14H24N2O2S. The average Bonchev–Trinajstić information content (AvgIpc) is 2.37. The predicted molar refractivity (Wildman–Crippen MR) is 78.6 cm³/mol. The van der Waals surface area contributed by atoms with E-state index in [0.717, 1.165) is 12.0 Å². The summed E-state index contributed by atoms with van der Waals surface area (Å²) in [7, 11) is -3.51. The third kappa shape index (κ3) is 4.30. The molecule has 0 spiro atoms. The number of rotatable bonds is 6. The first-order valence-corrected chi connectivity index (χ1v) is 8.04. The molecule has 0 aliphatic heterocycles. The Hall–Kier alpha value is -0.910. The van der Waals surface area contributed by atoms with Crippen LogP contribution in [0, 0.1) is 0 Å². The molecule has 0 amide bonds. The Morgan fingerprint density at radius 1 is 1.26 bits per heavy atom. The summed E-state index contributed by atoms with van der Waals surface area (Å²) in [6, 6.07) is 7.04. The summed E-state index contributed by atoms with van der Waals surface area (Å²) in [5.41, 5.74) is 6.05. The molecular weight excluding hydrogens is 260 g/mol. The normalized spacial score (nSPS) is 14.4. The van der Waals surface area contributed by atoms with E-state index in [1.165, 1.54) is 0 Å². The Labute approximate surface area is 116 Å². The van der Waals surface area contributed by atoms with E-state index in [1.807, 2.05) is 12.1 Å². The van der Waals surface area contributed by atoms with Gasteiger partial charge in [0.25, 0.3) is 0 Å². The fraction of sp³-hybridized carbons (Fsp3) is 0.571. The Morgan fingerprint density at radius 3 is 2.21 bits per heavy atom. The van der Waals surface area contributed by atoms with Crippen molar-refractivity contribution in [1.82, 2.24) is 4.72 Å². The second-order valence-corrected chi connectivity index (χ2v) is 7.25. The van der Waals surface area contributed by atoms with Gasteiger partial charge in [-0.3, -0.25) is 0 Å².